The second kappa shape index (κ2) is 6.89. The molecule has 0 aliphatic carbocycles. The highest BCUT2D eigenvalue weighted by Gasteiger charge is 2.43. The fourth-order valence-electron chi connectivity index (χ4n) is 2.64. The van der Waals surface area contributed by atoms with Gasteiger partial charge in [-0.15, -0.1) is 0 Å². The van der Waals surface area contributed by atoms with Crippen LogP contribution in [0.4, 0.5) is 4.79 Å². The van der Waals surface area contributed by atoms with Gasteiger partial charge in [0.1, 0.15) is 5.54 Å². The van der Waals surface area contributed by atoms with Crippen LogP contribution in [-0.2, 0) is 11.3 Å². The first-order chi connectivity index (χ1) is 10.7. The topological polar surface area (TPSA) is 52.6 Å². The molecule has 1 aromatic rings. The molecular weight excluding hydrogens is 314 g/mol. The molecule has 1 heterocycles. The molecule has 0 radical (unpaired) electrons. The Hall–Kier alpha value is -1.59. The number of urea groups is 1. The van der Waals surface area contributed by atoms with E-state index >= 15 is 0 Å². The van der Waals surface area contributed by atoms with E-state index < -0.39 is 5.54 Å². The average molecular weight is 338 g/mol. The molecule has 2 rings (SSSR count). The SMILES string of the molecule is CC(C)N(CCN1C(=O)NC(C)(C)C1=O)Cc1cccc(Cl)c1. The standard InChI is InChI=1S/C17H24ClN3O2/c1-12(2)20(11-13-6-5-7-14(18)10-13)8-9-21-15(22)17(3,4)19-16(21)23/h5-7,10,12H,8-9,11H2,1-4H3,(H,19,23). The zero-order chi connectivity index (χ0) is 17.2. The predicted octanol–water partition coefficient (Wildman–Crippen LogP) is 2.88. The molecule has 1 N–H and O–H groups in total. The van der Waals surface area contributed by atoms with Gasteiger partial charge < -0.3 is 5.32 Å². The van der Waals surface area contributed by atoms with E-state index in [4.69, 9.17) is 11.6 Å². The van der Waals surface area contributed by atoms with Gasteiger partial charge in [-0.1, -0.05) is 23.7 Å². The van der Waals surface area contributed by atoms with Crippen molar-refractivity contribution in [2.24, 2.45) is 0 Å². The Kier molecular flexibility index (Phi) is 5.32. The first kappa shape index (κ1) is 17.8. The van der Waals surface area contributed by atoms with Crippen LogP contribution < -0.4 is 5.32 Å². The average Bonchev–Trinajstić information content (AvgIpc) is 2.64. The summed E-state index contributed by atoms with van der Waals surface area (Å²) in [6.45, 7) is 9.37. The molecule has 1 saturated heterocycles. The fraction of sp³-hybridized carbons (Fsp3) is 0.529. The number of imide groups is 1. The van der Waals surface area contributed by atoms with E-state index in [1.807, 2.05) is 24.3 Å². The lowest BCUT2D eigenvalue weighted by Crippen LogP contribution is -2.43. The smallest absolute Gasteiger partial charge is 0.324 e. The monoisotopic (exact) mass is 337 g/mol. The molecule has 0 atom stereocenters. The van der Waals surface area contributed by atoms with Gasteiger partial charge in [-0.05, 0) is 45.4 Å². The number of halogens is 1. The number of rotatable bonds is 6. The number of benzene rings is 1. The Bertz CT molecular complexity index is 601. The van der Waals surface area contributed by atoms with Crippen LogP contribution in [0.5, 0.6) is 0 Å². The van der Waals surface area contributed by atoms with Crippen molar-refractivity contribution in [2.75, 3.05) is 13.1 Å². The Balaban J connectivity index is 2.01. The summed E-state index contributed by atoms with van der Waals surface area (Å²) in [5, 5.41) is 3.41. The minimum atomic E-state index is -0.813. The van der Waals surface area contributed by atoms with Gasteiger partial charge >= 0.3 is 6.03 Å². The third-order valence-corrected chi connectivity index (χ3v) is 4.30. The van der Waals surface area contributed by atoms with E-state index in [9.17, 15) is 9.59 Å². The van der Waals surface area contributed by atoms with E-state index in [0.29, 0.717) is 24.2 Å². The van der Waals surface area contributed by atoms with Crippen molar-refractivity contribution in [2.45, 2.75) is 45.8 Å². The lowest BCUT2D eigenvalue weighted by molar-refractivity contribution is -0.130. The van der Waals surface area contributed by atoms with Gasteiger partial charge in [0.05, 0.1) is 0 Å². The number of nitrogens with zero attached hydrogens (tertiary/aromatic N) is 2. The van der Waals surface area contributed by atoms with E-state index in [-0.39, 0.29) is 11.9 Å². The maximum atomic E-state index is 12.2. The first-order valence-electron chi connectivity index (χ1n) is 7.83. The van der Waals surface area contributed by atoms with Gasteiger partial charge in [0.25, 0.3) is 5.91 Å². The molecule has 5 nitrogen and oxygen atoms in total. The van der Waals surface area contributed by atoms with Gasteiger partial charge in [-0.3, -0.25) is 14.6 Å². The van der Waals surface area contributed by atoms with Crippen molar-refractivity contribution in [3.63, 3.8) is 0 Å². The third-order valence-electron chi connectivity index (χ3n) is 4.06. The first-order valence-corrected chi connectivity index (χ1v) is 8.21. The van der Waals surface area contributed by atoms with Crippen molar-refractivity contribution in [1.29, 1.82) is 0 Å². The molecule has 126 valence electrons. The maximum absolute atomic E-state index is 12.2. The highest BCUT2D eigenvalue weighted by Crippen LogP contribution is 2.18. The van der Waals surface area contributed by atoms with Crippen molar-refractivity contribution >= 4 is 23.5 Å². The predicted molar refractivity (Wildman–Crippen MR) is 91.3 cm³/mol. The van der Waals surface area contributed by atoms with Crippen molar-refractivity contribution in [3.8, 4) is 0 Å². The lowest BCUT2D eigenvalue weighted by Gasteiger charge is -2.28. The summed E-state index contributed by atoms with van der Waals surface area (Å²) in [5.74, 6) is -0.172. The van der Waals surface area contributed by atoms with Crippen LogP contribution in [0.15, 0.2) is 24.3 Å². The molecule has 0 saturated carbocycles. The summed E-state index contributed by atoms with van der Waals surface area (Å²) >= 11 is 6.03. The molecule has 3 amide bonds. The van der Waals surface area contributed by atoms with Gasteiger partial charge in [0.15, 0.2) is 0 Å². The van der Waals surface area contributed by atoms with Crippen LogP contribution in [0.3, 0.4) is 0 Å². The molecule has 23 heavy (non-hydrogen) atoms. The molecule has 0 spiro atoms. The van der Waals surface area contributed by atoms with Crippen LogP contribution in [-0.4, -0.2) is 46.4 Å². The van der Waals surface area contributed by atoms with E-state index in [2.05, 4.69) is 24.1 Å². The van der Waals surface area contributed by atoms with E-state index in [1.165, 1.54) is 4.90 Å². The van der Waals surface area contributed by atoms with Gasteiger partial charge in [0.2, 0.25) is 0 Å². The summed E-state index contributed by atoms with van der Waals surface area (Å²) in [5.41, 5.74) is 0.302. The van der Waals surface area contributed by atoms with Gasteiger partial charge in [0, 0.05) is 30.7 Å². The number of carbonyl (C=O) groups is 2. The third kappa shape index (κ3) is 4.24. The molecule has 0 bridgehead atoms. The highest BCUT2D eigenvalue weighted by molar-refractivity contribution is 6.30. The van der Waals surface area contributed by atoms with Crippen LogP contribution in [0, 0.1) is 0 Å². The fourth-order valence-corrected chi connectivity index (χ4v) is 2.85. The molecule has 1 fully saturated rings. The Labute approximate surface area is 142 Å². The minimum Gasteiger partial charge on any atom is -0.324 e. The van der Waals surface area contributed by atoms with Crippen molar-refractivity contribution in [1.82, 2.24) is 15.1 Å². The molecule has 6 heteroatoms. The number of hydrogen-bond donors (Lipinski definition) is 1. The second-order valence-corrected chi connectivity index (χ2v) is 7.14. The Morgan fingerprint density at radius 3 is 2.52 bits per heavy atom. The molecule has 0 unspecified atom stereocenters. The van der Waals surface area contributed by atoms with E-state index in [0.717, 1.165) is 12.1 Å². The molecule has 1 aromatic carbocycles. The normalized spacial score (nSPS) is 17.3. The number of carbonyl (C=O) groups excluding carboxylic acids is 2. The number of hydrogen-bond acceptors (Lipinski definition) is 3. The van der Waals surface area contributed by atoms with Crippen LogP contribution in [0.1, 0.15) is 33.3 Å². The van der Waals surface area contributed by atoms with Crippen LogP contribution >= 0.6 is 11.6 Å². The molecular formula is C17H24ClN3O2. The second-order valence-electron chi connectivity index (χ2n) is 6.71. The quantitative estimate of drug-likeness (QED) is 0.812. The van der Waals surface area contributed by atoms with Crippen LogP contribution in [0.25, 0.3) is 0 Å². The minimum absolute atomic E-state index is 0.172. The summed E-state index contributed by atoms with van der Waals surface area (Å²) in [7, 11) is 0. The summed E-state index contributed by atoms with van der Waals surface area (Å²) in [6, 6.07) is 7.72. The molecule has 1 aliphatic rings. The Morgan fingerprint density at radius 1 is 1.30 bits per heavy atom. The van der Waals surface area contributed by atoms with Gasteiger partial charge in [-0.25, -0.2) is 4.79 Å². The van der Waals surface area contributed by atoms with Crippen LogP contribution in [0.2, 0.25) is 5.02 Å². The maximum Gasteiger partial charge on any atom is 0.325 e. The van der Waals surface area contributed by atoms with E-state index in [1.54, 1.807) is 13.8 Å². The summed E-state index contributed by atoms with van der Waals surface area (Å²) in [4.78, 5) is 27.7. The zero-order valence-electron chi connectivity index (χ0n) is 14.1. The number of amides is 3. The zero-order valence-corrected chi connectivity index (χ0v) is 14.9. The lowest BCUT2D eigenvalue weighted by atomic mass is 10.1. The molecule has 0 aromatic heterocycles. The summed E-state index contributed by atoms with van der Waals surface area (Å²) < 4.78 is 0. The summed E-state index contributed by atoms with van der Waals surface area (Å²) in [6.07, 6.45) is 0. The number of nitrogens with one attached hydrogen (secondary N) is 1. The highest BCUT2D eigenvalue weighted by atomic mass is 35.5. The Morgan fingerprint density at radius 2 is 2.00 bits per heavy atom. The largest absolute Gasteiger partial charge is 0.325 e. The van der Waals surface area contributed by atoms with Gasteiger partial charge in [-0.2, -0.15) is 0 Å². The van der Waals surface area contributed by atoms with Crippen molar-refractivity contribution in [3.05, 3.63) is 34.9 Å². The molecule has 1 aliphatic heterocycles. The van der Waals surface area contributed by atoms with Crippen molar-refractivity contribution < 1.29 is 9.59 Å².